The Balaban J connectivity index is 1.81. The van der Waals surface area contributed by atoms with Gasteiger partial charge in [-0.25, -0.2) is 0 Å². The van der Waals surface area contributed by atoms with Gasteiger partial charge in [-0.05, 0) is 60.2 Å². The van der Waals surface area contributed by atoms with Gasteiger partial charge < -0.3 is 5.73 Å². The van der Waals surface area contributed by atoms with Crippen LogP contribution in [0.25, 0.3) is 22.5 Å². The van der Waals surface area contributed by atoms with E-state index in [4.69, 9.17) is 5.73 Å². The predicted molar refractivity (Wildman–Crippen MR) is 89.3 cm³/mol. The monoisotopic (exact) mass is 287 g/mol. The van der Waals surface area contributed by atoms with Gasteiger partial charge in [0.2, 0.25) is 0 Å². The maximum Gasteiger partial charge on any atom is 0.0892 e. The highest BCUT2D eigenvalue weighted by Crippen LogP contribution is 2.35. The van der Waals surface area contributed by atoms with E-state index in [-0.39, 0.29) is 0 Å². The minimum atomic E-state index is 0.873. The van der Waals surface area contributed by atoms with E-state index in [0.717, 1.165) is 41.0 Å². The minimum Gasteiger partial charge on any atom is -0.398 e. The smallest absolute Gasteiger partial charge is 0.0892 e. The Kier molecular flexibility index (Phi) is 3.11. The van der Waals surface area contributed by atoms with Gasteiger partial charge in [0.25, 0.3) is 0 Å². The summed E-state index contributed by atoms with van der Waals surface area (Å²) in [6, 6.07) is 14.3. The molecule has 3 heteroatoms. The fourth-order valence-electron chi connectivity index (χ4n) is 3.20. The zero-order valence-electron chi connectivity index (χ0n) is 12.3. The lowest BCUT2D eigenvalue weighted by atomic mass is 9.97. The molecule has 3 nitrogen and oxygen atoms in total. The van der Waals surface area contributed by atoms with Gasteiger partial charge in [0.1, 0.15) is 0 Å². The van der Waals surface area contributed by atoms with Crippen molar-refractivity contribution in [3.05, 3.63) is 66.0 Å². The molecule has 0 aliphatic heterocycles. The number of nitrogens with two attached hydrogens (primary N) is 1. The van der Waals surface area contributed by atoms with Crippen molar-refractivity contribution in [2.75, 3.05) is 5.73 Å². The second-order valence-corrected chi connectivity index (χ2v) is 5.66. The number of hydrogen-bond donors (Lipinski definition) is 1. The third-order valence-corrected chi connectivity index (χ3v) is 4.33. The summed E-state index contributed by atoms with van der Waals surface area (Å²) in [5, 5.41) is 0. The van der Waals surface area contributed by atoms with Crippen LogP contribution < -0.4 is 5.73 Å². The van der Waals surface area contributed by atoms with Crippen LogP contribution in [0.1, 0.15) is 17.5 Å². The number of anilines is 1. The first-order valence-corrected chi connectivity index (χ1v) is 7.61. The molecule has 108 valence electrons. The molecule has 4 rings (SSSR count). The van der Waals surface area contributed by atoms with E-state index >= 15 is 0 Å². The van der Waals surface area contributed by atoms with Gasteiger partial charge in [0, 0.05) is 23.6 Å². The summed E-state index contributed by atoms with van der Waals surface area (Å²) >= 11 is 0. The molecule has 1 aliphatic rings. The van der Waals surface area contributed by atoms with Gasteiger partial charge in [0.15, 0.2) is 0 Å². The fraction of sp³-hybridized carbons (Fsp3) is 0.158. The van der Waals surface area contributed by atoms with Crippen molar-refractivity contribution in [1.29, 1.82) is 0 Å². The number of aromatic nitrogens is 2. The van der Waals surface area contributed by atoms with Crippen LogP contribution in [0, 0.1) is 0 Å². The maximum absolute atomic E-state index is 6.42. The highest BCUT2D eigenvalue weighted by Gasteiger charge is 2.17. The summed E-state index contributed by atoms with van der Waals surface area (Å²) in [6.45, 7) is 0. The van der Waals surface area contributed by atoms with Crippen molar-refractivity contribution in [2.24, 2.45) is 0 Å². The topological polar surface area (TPSA) is 51.8 Å². The molecule has 0 unspecified atom stereocenters. The zero-order valence-corrected chi connectivity index (χ0v) is 12.3. The van der Waals surface area contributed by atoms with Crippen LogP contribution in [0.15, 0.2) is 54.9 Å². The SMILES string of the molecule is Nc1c(-c2ccnc(-c3ccccn3)c2)ccc2c1CCC2. The second-order valence-electron chi connectivity index (χ2n) is 5.66. The lowest BCUT2D eigenvalue weighted by Gasteiger charge is -2.11. The van der Waals surface area contributed by atoms with Crippen molar-refractivity contribution >= 4 is 5.69 Å². The Morgan fingerprint density at radius 2 is 1.77 bits per heavy atom. The Bertz CT molecular complexity index is 825. The van der Waals surface area contributed by atoms with Crippen molar-refractivity contribution in [3.8, 4) is 22.5 Å². The predicted octanol–water partition coefficient (Wildman–Crippen LogP) is 3.88. The fourth-order valence-corrected chi connectivity index (χ4v) is 3.20. The molecule has 0 atom stereocenters. The first-order valence-electron chi connectivity index (χ1n) is 7.61. The Hall–Kier alpha value is -2.68. The molecule has 1 aliphatic carbocycles. The average molecular weight is 287 g/mol. The highest BCUT2D eigenvalue weighted by molar-refractivity contribution is 5.81. The zero-order chi connectivity index (χ0) is 14.9. The molecule has 0 fully saturated rings. The number of rotatable bonds is 2. The van der Waals surface area contributed by atoms with Crippen molar-refractivity contribution in [1.82, 2.24) is 9.97 Å². The second kappa shape index (κ2) is 5.26. The van der Waals surface area contributed by atoms with Crippen molar-refractivity contribution in [2.45, 2.75) is 19.3 Å². The first kappa shape index (κ1) is 13.0. The number of nitrogens with zero attached hydrogens (tertiary/aromatic N) is 2. The molecule has 22 heavy (non-hydrogen) atoms. The molecule has 0 saturated heterocycles. The van der Waals surface area contributed by atoms with Gasteiger partial charge >= 0.3 is 0 Å². The Morgan fingerprint density at radius 3 is 2.64 bits per heavy atom. The average Bonchev–Trinajstić information content (AvgIpc) is 3.06. The highest BCUT2D eigenvalue weighted by atomic mass is 14.8. The van der Waals surface area contributed by atoms with Crippen LogP contribution in [-0.2, 0) is 12.8 Å². The largest absolute Gasteiger partial charge is 0.398 e. The van der Waals surface area contributed by atoms with Gasteiger partial charge in [-0.3, -0.25) is 9.97 Å². The van der Waals surface area contributed by atoms with Gasteiger partial charge in [-0.1, -0.05) is 18.2 Å². The molecule has 1 aromatic carbocycles. The van der Waals surface area contributed by atoms with E-state index in [1.807, 2.05) is 30.5 Å². The lowest BCUT2D eigenvalue weighted by Crippen LogP contribution is -1.97. The molecular formula is C19H17N3. The normalized spacial score (nSPS) is 13.1. The molecular weight excluding hydrogens is 270 g/mol. The molecule has 2 N–H and O–H groups in total. The summed E-state index contributed by atoms with van der Waals surface area (Å²) in [6.07, 6.45) is 7.06. The quantitative estimate of drug-likeness (QED) is 0.728. The first-order chi connectivity index (χ1) is 10.8. The van der Waals surface area contributed by atoms with Crippen LogP contribution >= 0.6 is 0 Å². The van der Waals surface area contributed by atoms with Gasteiger partial charge in [-0.2, -0.15) is 0 Å². The van der Waals surface area contributed by atoms with E-state index in [0.29, 0.717) is 0 Å². The number of hydrogen-bond acceptors (Lipinski definition) is 3. The minimum absolute atomic E-state index is 0.873. The molecule has 3 aromatic rings. The van der Waals surface area contributed by atoms with Crippen LogP contribution in [0.2, 0.25) is 0 Å². The molecule has 0 spiro atoms. The van der Waals surface area contributed by atoms with E-state index in [1.165, 1.54) is 17.5 Å². The van der Waals surface area contributed by atoms with Crippen LogP contribution in [-0.4, -0.2) is 9.97 Å². The molecule has 0 saturated carbocycles. The Morgan fingerprint density at radius 1 is 0.864 bits per heavy atom. The van der Waals surface area contributed by atoms with Crippen LogP contribution in [0.5, 0.6) is 0 Å². The summed E-state index contributed by atoms with van der Waals surface area (Å²) in [4.78, 5) is 8.80. The third kappa shape index (κ3) is 2.15. The number of benzene rings is 1. The molecule has 0 radical (unpaired) electrons. The van der Waals surface area contributed by atoms with Gasteiger partial charge in [0.05, 0.1) is 11.4 Å². The standard InChI is InChI=1S/C19H17N3/c20-19-15-5-3-4-13(15)7-8-16(19)14-9-11-22-18(12-14)17-6-1-2-10-21-17/h1-2,6-12H,3-5,20H2. The third-order valence-electron chi connectivity index (χ3n) is 4.33. The molecule has 2 aromatic heterocycles. The molecule has 0 bridgehead atoms. The summed E-state index contributed by atoms with van der Waals surface area (Å²) in [5.41, 5.74) is 14.0. The Labute approximate surface area is 129 Å². The summed E-state index contributed by atoms with van der Waals surface area (Å²) < 4.78 is 0. The maximum atomic E-state index is 6.42. The van der Waals surface area contributed by atoms with E-state index < -0.39 is 0 Å². The number of fused-ring (bicyclic) bond motifs is 1. The number of pyridine rings is 2. The molecule has 2 heterocycles. The molecule has 0 amide bonds. The van der Waals surface area contributed by atoms with Crippen molar-refractivity contribution < 1.29 is 0 Å². The van der Waals surface area contributed by atoms with E-state index in [9.17, 15) is 0 Å². The number of nitrogen functional groups attached to an aromatic ring is 1. The number of aryl methyl sites for hydroxylation is 1. The lowest BCUT2D eigenvalue weighted by molar-refractivity contribution is 0.912. The van der Waals surface area contributed by atoms with Crippen LogP contribution in [0.4, 0.5) is 5.69 Å². The van der Waals surface area contributed by atoms with Crippen LogP contribution in [0.3, 0.4) is 0 Å². The van der Waals surface area contributed by atoms with Crippen molar-refractivity contribution in [3.63, 3.8) is 0 Å². The summed E-state index contributed by atoms with van der Waals surface area (Å²) in [7, 11) is 0. The van der Waals surface area contributed by atoms with E-state index in [2.05, 4.69) is 28.2 Å². The van der Waals surface area contributed by atoms with Gasteiger partial charge in [-0.15, -0.1) is 0 Å². The van der Waals surface area contributed by atoms with E-state index in [1.54, 1.807) is 6.20 Å². The summed E-state index contributed by atoms with van der Waals surface area (Å²) in [5.74, 6) is 0.